The van der Waals surface area contributed by atoms with Gasteiger partial charge in [0, 0.05) is 12.3 Å². The Hall–Kier alpha value is -0.0900. The lowest BCUT2D eigenvalue weighted by molar-refractivity contribution is -0.115. The van der Waals surface area contributed by atoms with Gasteiger partial charge >= 0.3 is 0 Å². The van der Waals surface area contributed by atoms with Gasteiger partial charge in [-0.2, -0.15) is 0 Å². The molecule has 12 heavy (non-hydrogen) atoms. The van der Waals surface area contributed by atoms with Crippen LogP contribution in [0.4, 0.5) is 0 Å². The highest BCUT2D eigenvalue weighted by Gasteiger charge is 2.23. The lowest BCUT2D eigenvalue weighted by Gasteiger charge is -2.22. The summed E-state index contributed by atoms with van der Waals surface area (Å²) < 4.78 is 0. The van der Waals surface area contributed by atoms with Crippen LogP contribution < -0.4 is 0 Å². The molecule has 0 N–H and O–H groups in total. The molecule has 0 aliphatic carbocycles. The fourth-order valence-corrected chi connectivity index (χ4v) is 2.81. The van der Waals surface area contributed by atoms with Crippen molar-refractivity contribution in [3.8, 4) is 0 Å². The smallest absolute Gasteiger partial charge is 0.136 e. The van der Waals surface area contributed by atoms with E-state index in [4.69, 9.17) is 12.2 Å². The summed E-state index contributed by atoms with van der Waals surface area (Å²) in [6, 6.07) is 0. The minimum Gasteiger partial charge on any atom is -0.353 e. The van der Waals surface area contributed by atoms with Crippen LogP contribution in [-0.2, 0) is 4.79 Å². The molecule has 1 aliphatic rings. The zero-order valence-corrected chi connectivity index (χ0v) is 9.00. The third-order valence-corrected chi connectivity index (χ3v) is 3.38. The van der Waals surface area contributed by atoms with Crippen LogP contribution in [0.15, 0.2) is 0 Å². The molecule has 1 rings (SSSR count). The molecule has 0 aromatic carbocycles. The zero-order chi connectivity index (χ0) is 9.14. The van der Waals surface area contributed by atoms with Crippen molar-refractivity contribution in [2.75, 3.05) is 12.3 Å². The topological polar surface area (TPSA) is 20.3 Å². The molecule has 4 heteroatoms. The van der Waals surface area contributed by atoms with Crippen LogP contribution in [-0.4, -0.2) is 33.3 Å². The fourth-order valence-electron chi connectivity index (χ4n) is 1.24. The number of nitrogens with zero attached hydrogens (tertiary/aromatic N) is 1. The van der Waals surface area contributed by atoms with Gasteiger partial charge in [-0.25, -0.2) is 0 Å². The van der Waals surface area contributed by atoms with Gasteiger partial charge in [-0.1, -0.05) is 12.2 Å². The Bertz CT molecular complexity index is 205. The van der Waals surface area contributed by atoms with Crippen LogP contribution in [0.3, 0.4) is 0 Å². The first kappa shape index (κ1) is 9.99. The molecule has 1 aliphatic heterocycles. The molecule has 0 saturated carbocycles. The molecule has 0 spiro atoms. The molecular weight excluding hydrogens is 190 g/mol. The maximum absolute atomic E-state index is 10.8. The first-order chi connectivity index (χ1) is 5.61. The molecule has 0 aromatic rings. The first-order valence-corrected chi connectivity index (χ1v) is 5.47. The van der Waals surface area contributed by atoms with E-state index in [2.05, 4.69) is 11.8 Å². The van der Waals surface area contributed by atoms with Crippen LogP contribution in [0.1, 0.15) is 20.3 Å². The first-order valence-electron chi connectivity index (χ1n) is 4.02. The lowest BCUT2D eigenvalue weighted by Crippen LogP contribution is -2.32. The molecule has 1 atom stereocenters. The molecule has 0 amide bonds. The van der Waals surface area contributed by atoms with Crippen molar-refractivity contribution in [3.63, 3.8) is 0 Å². The number of carbonyl (C=O) groups is 1. The maximum atomic E-state index is 10.8. The molecule has 1 unspecified atom stereocenters. The van der Waals surface area contributed by atoms with E-state index in [9.17, 15) is 4.79 Å². The van der Waals surface area contributed by atoms with Gasteiger partial charge in [-0.3, -0.25) is 4.79 Å². The number of thioether (sulfide) groups is 1. The number of rotatable bonds is 2. The Labute approximate surface area is 82.7 Å². The van der Waals surface area contributed by atoms with Crippen molar-refractivity contribution in [1.82, 2.24) is 4.90 Å². The standard InChI is InChI=1S/C8H13NOS2/c1-6(10)5-8(11)9-3-4-12-7(9)2/h7H,3-5H2,1-2H3. The Morgan fingerprint density at radius 2 is 2.42 bits per heavy atom. The van der Waals surface area contributed by atoms with E-state index in [-0.39, 0.29) is 5.78 Å². The van der Waals surface area contributed by atoms with Gasteiger partial charge in [0.15, 0.2) is 0 Å². The summed E-state index contributed by atoms with van der Waals surface area (Å²) in [5, 5.41) is 0.455. The second-order valence-corrected chi connectivity index (χ2v) is 4.83. The van der Waals surface area contributed by atoms with Crippen LogP contribution >= 0.6 is 24.0 Å². The van der Waals surface area contributed by atoms with Crippen molar-refractivity contribution >= 4 is 34.8 Å². The van der Waals surface area contributed by atoms with E-state index in [1.54, 1.807) is 6.92 Å². The average Bonchev–Trinajstić information content (AvgIpc) is 2.33. The largest absolute Gasteiger partial charge is 0.353 e. The number of ketones is 1. The van der Waals surface area contributed by atoms with E-state index in [0.717, 1.165) is 17.3 Å². The van der Waals surface area contributed by atoms with Crippen LogP contribution in [0.5, 0.6) is 0 Å². The third kappa shape index (κ3) is 2.45. The Morgan fingerprint density at radius 3 is 2.83 bits per heavy atom. The van der Waals surface area contributed by atoms with Gasteiger partial charge in [0.25, 0.3) is 0 Å². The maximum Gasteiger partial charge on any atom is 0.136 e. The van der Waals surface area contributed by atoms with Crippen LogP contribution in [0.2, 0.25) is 0 Å². The van der Waals surface area contributed by atoms with Gasteiger partial charge in [0.1, 0.15) is 5.78 Å². The van der Waals surface area contributed by atoms with E-state index in [1.165, 1.54) is 0 Å². The van der Waals surface area contributed by atoms with Crippen molar-refractivity contribution < 1.29 is 4.79 Å². The quantitative estimate of drug-likeness (QED) is 0.636. The monoisotopic (exact) mass is 203 g/mol. The molecule has 68 valence electrons. The van der Waals surface area contributed by atoms with Crippen molar-refractivity contribution in [3.05, 3.63) is 0 Å². The van der Waals surface area contributed by atoms with Gasteiger partial charge < -0.3 is 4.90 Å². The minimum atomic E-state index is 0.157. The van der Waals surface area contributed by atoms with Crippen LogP contribution in [0.25, 0.3) is 0 Å². The van der Waals surface area contributed by atoms with E-state index in [1.807, 2.05) is 11.8 Å². The SMILES string of the molecule is CC(=O)CC(=S)N1CCSC1C. The molecule has 1 saturated heterocycles. The number of thiocarbonyl (C=S) groups is 1. The van der Waals surface area contributed by atoms with Gasteiger partial charge in [-0.15, -0.1) is 11.8 Å². The zero-order valence-electron chi connectivity index (χ0n) is 7.37. The fraction of sp³-hybridized carbons (Fsp3) is 0.750. The second kappa shape index (κ2) is 4.23. The number of carbonyl (C=O) groups excluding carboxylic acids is 1. The van der Waals surface area contributed by atoms with Gasteiger partial charge in [0.2, 0.25) is 0 Å². The predicted molar refractivity (Wildman–Crippen MR) is 56.5 cm³/mol. The van der Waals surface area contributed by atoms with E-state index < -0.39 is 0 Å². The molecular formula is C8H13NOS2. The summed E-state index contributed by atoms with van der Waals surface area (Å²) in [5.41, 5.74) is 0. The molecule has 1 heterocycles. The summed E-state index contributed by atoms with van der Waals surface area (Å²) in [5.74, 6) is 1.28. The van der Waals surface area contributed by atoms with Crippen molar-refractivity contribution in [2.45, 2.75) is 25.6 Å². The number of hydrogen-bond donors (Lipinski definition) is 0. The highest BCUT2D eigenvalue weighted by Crippen LogP contribution is 2.23. The Morgan fingerprint density at radius 1 is 1.75 bits per heavy atom. The normalized spacial score (nSPS) is 22.8. The number of Topliss-reactive ketones (excluding diaryl/α,β-unsaturated/α-hetero) is 1. The van der Waals surface area contributed by atoms with Crippen molar-refractivity contribution in [2.24, 2.45) is 0 Å². The molecule has 0 radical (unpaired) electrons. The highest BCUT2D eigenvalue weighted by atomic mass is 32.2. The third-order valence-electron chi connectivity index (χ3n) is 1.85. The summed E-state index contributed by atoms with van der Waals surface area (Å²) in [6.45, 7) is 4.71. The molecule has 0 bridgehead atoms. The molecule has 0 aromatic heterocycles. The Kier molecular flexibility index (Phi) is 3.53. The molecule has 1 fully saturated rings. The predicted octanol–water partition coefficient (Wildman–Crippen LogP) is 1.69. The Balaban J connectivity index is 2.46. The second-order valence-electron chi connectivity index (χ2n) is 2.94. The van der Waals surface area contributed by atoms with Gasteiger partial charge in [0.05, 0.1) is 16.8 Å². The summed E-state index contributed by atoms with van der Waals surface area (Å²) in [6.07, 6.45) is 0.431. The number of hydrogen-bond acceptors (Lipinski definition) is 3. The average molecular weight is 203 g/mol. The minimum absolute atomic E-state index is 0.157. The van der Waals surface area contributed by atoms with Crippen molar-refractivity contribution in [1.29, 1.82) is 0 Å². The summed E-state index contributed by atoms with van der Waals surface area (Å²) in [4.78, 5) is 13.7. The summed E-state index contributed by atoms with van der Waals surface area (Å²) in [7, 11) is 0. The lowest BCUT2D eigenvalue weighted by atomic mass is 10.3. The highest BCUT2D eigenvalue weighted by molar-refractivity contribution is 8.00. The van der Waals surface area contributed by atoms with Gasteiger partial charge in [-0.05, 0) is 13.8 Å². The summed E-state index contributed by atoms with van der Waals surface area (Å²) >= 11 is 7.05. The van der Waals surface area contributed by atoms with Crippen LogP contribution in [0, 0.1) is 0 Å². The molecule has 2 nitrogen and oxygen atoms in total. The van der Waals surface area contributed by atoms with E-state index >= 15 is 0 Å². The van der Waals surface area contributed by atoms with E-state index in [0.29, 0.717) is 11.8 Å².